The van der Waals surface area contributed by atoms with Crippen LogP contribution in [0, 0.1) is 0 Å². The number of unbranched alkanes of at least 4 members (excludes halogenated alkanes) is 3. The zero-order valence-electron chi connectivity index (χ0n) is 17.5. The number of primary amides is 1. The quantitative estimate of drug-likeness (QED) is 0.340. The monoisotopic (exact) mass is 478 g/mol. The number of halogens is 2. The Morgan fingerprint density at radius 2 is 1.88 bits per heavy atom. The van der Waals surface area contributed by atoms with Crippen LogP contribution in [-0.2, 0) is 4.79 Å². The van der Waals surface area contributed by atoms with Crippen molar-refractivity contribution in [2.24, 2.45) is 5.73 Å². The van der Waals surface area contributed by atoms with Crippen molar-refractivity contribution in [3.8, 4) is 11.5 Å². The van der Waals surface area contributed by atoms with Crippen molar-refractivity contribution < 1.29 is 14.3 Å². The topological polar surface area (TPSA) is 119 Å². The SMILES string of the molecule is COc1ccc2c(Nc3c(Cl)cncc3Cl)cc(=O)[nH]c2c1OCCCCCCC(N)=O. The lowest BCUT2D eigenvalue weighted by Crippen LogP contribution is -2.10. The van der Waals surface area contributed by atoms with E-state index in [2.05, 4.69) is 15.3 Å². The highest BCUT2D eigenvalue weighted by Crippen LogP contribution is 2.39. The predicted molar refractivity (Wildman–Crippen MR) is 126 cm³/mol. The Balaban J connectivity index is 1.85. The summed E-state index contributed by atoms with van der Waals surface area (Å²) in [4.78, 5) is 30.0. The van der Waals surface area contributed by atoms with Gasteiger partial charge in [-0.2, -0.15) is 0 Å². The second kappa shape index (κ2) is 11.1. The molecule has 10 heteroatoms. The van der Waals surface area contributed by atoms with Crippen molar-refractivity contribution in [2.45, 2.75) is 32.1 Å². The summed E-state index contributed by atoms with van der Waals surface area (Å²) in [7, 11) is 1.54. The third-order valence-electron chi connectivity index (χ3n) is 4.83. The van der Waals surface area contributed by atoms with Crippen molar-refractivity contribution in [2.75, 3.05) is 19.0 Å². The number of aromatic nitrogens is 2. The second-order valence-electron chi connectivity index (χ2n) is 7.15. The van der Waals surface area contributed by atoms with E-state index in [9.17, 15) is 9.59 Å². The predicted octanol–water partition coefficient (Wildman–Crippen LogP) is 4.80. The minimum absolute atomic E-state index is 0.288. The van der Waals surface area contributed by atoms with Crippen molar-refractivity contribution in [1.29, 1.82) is 0 Å². The number of nitrogens with zero attached hydrogens (tertiary/aromatic N) is 1. The van der Waals surface area contributed by atoms with Crippen LogP contribution in [0.3, 0.4) is 0 Å². The lowest BCUT2D eigenvalue weighted by molar-refractivity contribution is -0.118. The Morgan fingerprint density at radius 3 is 2.56 bits per heavy atom. The summed E-state index contributed by atoms with van der Waals surface area (Å²) in [5, 5.41) is 4.48. The first-order valence-electron chi connectivity index (χ1n) is 10.1. The molecular weight excluding hydrogens is 455 g/mol. The number of amides is 1. The Hall–Kier alpha value is -2.97. The van der Waals surface area contributed by atoms with Gasteiger partial charge < -0.3 is 25.5 Å². The van der Waals surface area contributed by atoms with Crippen LogP contribution in [0.25, 0.3) is 10.9 Å². The molecule has 1 aromatic carbocycles. The van der Waals surface area contributed by atoms with Crippen molar-refractivity contribution in [3.63, 3.8) is 0 Å². The lowest BCUT2D eigenvalue weighted by atomic mass is 10.1. The fourth-order valence-corrected chi connectivity index (χ4v) is 3.74. The number of H-pyrrole nitrogens is 1. The highest BCUT2D eigenvalue weighted by Gasteiger charge is 2.16. The fraction of sp³-hybridized carbons (Fsp3) is 0.318. The number of benzene rings is 1. The molecule has 3 rings (SSSR count). The Kier molecular flexibility index (Phi) is 8.19. The number of rotatable bonds is 11. The molecule has 0 unspecified atom stereocenters. The molecule has 32 heavy (non-hydrogen) atoms. The summed E-state index contributed by atoms with van der Waals surface area (Å²) in [5.41, 5.74) is 6.28. The highest BCUT2D eigenvalue weighted by atomic mass is 35.5. The number of hydrogen-bond donors (Lipinski definition) is 3. The van der Waals surface area contributed by atoms with E-state index in [1.807, 2.05) is 6.07 Å². The van der Waals surface area contributed by atoms with Gasteiger partial charge in [-0.15, -0.1) is 0 Å². The molecule has 2 heterocycles. The van der Waals surface area contributed by atoms with Crippen molar-refractivity contribution >= 4 is 51.4 Å². The van der Waals surface area contributed by atoms with E-state index in [0.717, 1.165) is 25.7 Å². The molecular formula is C22H24Cl2N4O4. The molecule has 0 aliphatic rings. The number of nitrogens with two attached hydrogens (primary N) is 1. The lowest BCUT2D eigenvalue weighted by Gasteiger charge is -2.16. The Bertz CT molecular complexity index is 1150. The number of pyridine rings is 2. The van der Waals surface area contributed by atoms with Gasteiger partial charge in [0.05, 0.1) is 40.7 Å². The van der Waals surface area contributed by atoms with E-state index in [1.165, 1.54) is 25.6 Å². The second-order valence-corrected chi connectivity index (χ2v) is 7.96. The van der Waals surface area contributed by atoms with E-state index in [1.54, 1.807) is 6.07 Å². The molecule has 0 radical (unpaired) electrons. The van der Waals surface area contributed by atoms with Gasteiger partial charge in [-0.3, -0.25) is 14.6 Å². The van der Waals surface area contributed by atoms with Gasteiger partial charge in [-0.1, -0.05) is 36.0 Å². The van der Waals surface area contributed by atoms with Crippen LogP contribution < -0.4 is 26.1 Å². The van der Waals surface area contributed by atoms with Gasteiger partial charge >= 0.3 is 0 Å². The molecule has 0 fully saturated rings. The van der Waals surface area contributed by atoms with E-state index in [0.29, 0.717) is 56.8 Å². The highest BCUT2D eigenvalue weighted by molar-refractivity contribution is 6.39. The third-order valence-corrected chi connectivity index (χ3v) is 5.41. The molecule has 0 atom stereocenters. The summed E-state index contributed by atoms with van der Waals surface area (Å²) >= 11 is 12.4. The molecule has 0 aliphatic heterocycles. The van der Waals surface area contributed by atoms with Crippen molar-refractivity contribution in [3.05, 3.63) is 51.0 Å². The summed E-state index contributed by atoms with van der Waals surface area (Å²) in [5.74, 6) is 0.651. The van der Waals surface area contributed by atoms with E-state index in [4.69, 9.17) is 38.4 Å². The summed E-state index contributed by atoms with van der Waals surface area (Å²) < 4.78 is 11.4. The first-order valence-corrected chi connectivity index (χ1v) is 10.9. The van der Waals surface area contributed by atoms with Crippen LogP contribution in [0.15, 0.2) is 35.4 Å². The van der Waals surface area contributed by atoms with Gasteiger partial charge in [0.25, 0.3) is 5.56 Å². The summed E-state index contributed by atoms with van der Waals surface area (Å²) in [6.45, 7) is 0.424. The maximum Gasteiger partial charge on any atom is 0.250 e. The maximum absolute atomic E-state index is 12.4. The van der Waals surface area contributed by atoms with E-state index in [-0.39, 0.29) is 11.5 Å². The molecule has 0 aliphatic carbocycles. The van der Waals surface area contributed by atoms with Crippen LogP contribution in [0.2, 0.25) is 10.0 Å². The van der Waals surface area contributed by atoms with Gasteiger partial charge in [-0.05, 0) is 25.0 Å². The Morgan fingerprint density at radius 1 is 1.16 bits per heavy atom. The standard InChI is InChI=1S/C22H24Cl2N4O4/c1-31-17-8-7-13-16(27-21-14(23)11-26-12-15(21)24)10-19(30)28-20(13)22(17)32-9-5-3-2-4-6-18(25)29/h7-8,10-12H,2-6,9H2,1H3,(H2,25,29)(H2,26,27,28,30). The number of carbonyl (C=O) groups excluding carboxylic acids is 1. The zero-order chi connectivity index (χ0) is 23.1. The van der Waals surface area contributed by atoms with Crippen LogP contribution in [0.5, 0.6) is 11.5 Å². The molecule has 3 aromatic rings. The van der Waals surface area contributed by atoms with Crippen LogP contribution in [0.1, 0.15) is 32.1 Å². The number of aromatic amines is 1. The van der Waals surface area contributed by atoms with E-state index < -0.39 is 0 Å². The van der Waals surface area contributed by atoms with Gasteiger partial charge in [-0.25, -0.2) is 0 Å². The molecule has 170 valence electrons. The average Bonchev–Trinajstić information content (AvgIpc) is 2.75. The molecule has 8 nitrogen and oxygen atoms in total. The zero-order valence-corrected chi connectivity index (χ0v) is 19.1. The molecule has 0 spiro atoms. The first-order chi connectivity index (χ1) is 15.4. The number of hydrogen-bond acceptors (Lipinski definition) is 6. The van der Waals surface area contributed by atoms with Crippen LogP contribution >= 0.6 is 23.2 Å². The van der Waals surface area contributed by atoms with Gasteiger partial charge in [0.15, 0.2) is 11.5 Å². The number of fused-ring (bicyclic) bond motifs is 1. The number of ether oxygens (including phenoxy) is 2. The summed E-state index contributed by atoms with van der Waals surface area (Å²) in [6, 6.07) is 5.00. The molecule has 1 amide bonds. The number of anilines is 2. The van der Waals surface area contributed by atoms with Gasteiger partial charge in [0, 0.05) is 30.3 Å². The van der Waals surface area contributed by atoms with Gasteiger partial charge in [0.1, 0.15) is 0 Å². The number of carbonyl (C=O) groups is 1. The minimum Gasteiger partial charge on any atom is -0.493 e. The van der Waals surface area contributed by atoms with Crippen LogP contribution in [0.4, 0.5) is 11.4 Å². The van der Waals surface area contributed by atoms with Crippen molar-refractivity contribution in [1.82, 2.24) is 9.97 Å². The molecule has 2 aromatic heterocycles. The largest absolute Gasteiger partial charge is 0.493 e. The average molecular weight is 479 g/mol. The first kappa shape index (κ1) is 23.7. The third kappa shape index (κ3) is 5.83. The number of methoxy groups -OCH3 is 1. The normalized spacial score (nSPS) is 10.8. The number of nitrogens with one attached hydrogen (secondary N) is 2. The molecule has 0 saturated heterocycles. The van der Waals surface area contributed by atoms with E-state index >= 15 is 0 Å². The molecule has 0 saturated carbocycles. The molecule has 4 N–H and O–H groups in total. The fourth-order valence-electron chi connectivity index (χ4n) is 3.28. The van der Waals surface area contributed by atoms with Gasteiger partial charge in [0.2, 0.25) is 5.91 Å². The smallest absolute Gasteiger partial charge is 0.250 e. The molecule has 0 bridgehead atoms. The minimum atomic E-state index is -0.328. The van der Waals surface area contributed by atoms with Crippen LogP contribution in [-0.4, -0.2) is 29.6 Å². The Labute approximate surface area is 195 Å². The summed E-state index contributed by atoms with van der Waals surface area (Å²) in [6.07, 6.45) is 6.64. The maximum atomic E-state index is 12.4.